The van der Waals surface area contributed by atoms with E-state index >= 15 is 0 Å². The van der Waals surface area contributed by atoms with Crippen molar-refractivity contribution in [1.82, 2.24) is 14.7 Å². The molecule has 0 radical (unpaired) electrons. The van der Waals surface area contributed by atoms with E-state index in [-0.39, 0.29) is 18.7 Å². The molecule has 0 saturated carbocycles. The number of aromatic nitrogens is 2. The molecule has 1 saturated heterocycles. The number of nitrogens with zero attached hydrogens (tertiary/aromatic N) is 3. The fourth-order valence-electron chi connectivity index (χ4n) is 2.68. The SMILES string of the molecule is COc1ccc(-n2nc(C(=O)N3CC[C@@H]3C(F)(F)F)cc2C)cc1. The van der Waals surface area contributed by atoms with Gasteiger partial charge in [-0.1, -0.05) is 0 Å². The summed E-state index contributed by atoms with van der Waals surface area (Å²) in [6, 6.07) is 6.79. The Morgan fingerprint density at radius 2 is 1.96 bits per heavy atom. The Hall–Kier alpha value is -2.51. The Labute approximate surface area is 136 Å². The van der Waals surface area contributed by atoms with Crippen LogP contribution in [0.25, 0.3) is 5.69 Å². The molecule has 0 N–H and O–H groups in total. The lowest BCUT2D eigenvalue weighted by Gasteiger charge is -2.41. The number of benzene rings is 1. The van der Waals surface area contributed by atoms with Gasteiger partial charge in [0, 0.05) is 12.2 Å². The van der Waals surface area contributed by atoms with E-state index in [4.69, 9.17) is 4.74 Å². The number of rotatable bonds is 3. The second kappa shape index (κ2) is 5.85. The van der Waals surface area contributed by atoms with Crippen LogP contribution in [0.5, 0.6) is 5.75 Å². The Balaban J connectivity index is 1.84. The van der Waals surface area contributed by atoms with Crippen molar-refractivity contribution in [3.8, 4) is 11.4 Å². The molecule has 2 aromatic rings. The van der Waals surface area contributed by atoms with Crippen LogP contribution in [0.3, 0.4) is 0 Å². The van der Waals surface area contributed by atoms with Gasteiger partial charge in [-0.2, -0.15) is 18.3 Å². The van der Waals surface area contributed by atoms with Gasteiger partial charge >= 0.3 is 6.18 Å². The Morgan fingerprint density at radius 3 is 2.46 bits per heavy atom. The highest BCUT2D eigenvalue weighted by Crippen LogP contribution is 2.34. The fourth-order valence-corrected chi connectivity index (χ4v) is 2.68. The van der Waals surface area contributed by atoms with Crippen LogP contribution in [0, 0.1) is 6.92 Å². The molecule has 1 atom stereocenters. The van der Waals surface area contributed by atoms with Crippen molar-refractivity contribution in [1.29, 1.82) is 0 Å². The Morgan fingerprint density at radius 1 is 1.29 bits per heavy atom. The number of hydrogen-bond donors (Lipinski definition) is 0. The number of halogens is 3. The summed E-state index contributed by atoms with van der Waals surface area (Å²) < 4.78 is 45.1. The molecule has 2 heterocycles. The molecule has 3 rings (SSSR count). The third-order valence-electron chi connectivity index (χ3n) is 4.08. The molecular weight excluding hydrogens is 323 g/mol. The predicted octanol–water partition coefficient (Wildman–Crippen LogP) is 2.97. The summed E-state index contributed by atoms with van der Waals surface area (Å²) in [6.45, 7) is 1.84. The zero-order valence-corrected chi connectivity index (χ0v) is 13.2. The molecule has 1 aromatic carbocycles. The average Bonchev–Trinajstić information content (AvgIpc) is 2.86. The van der Waals surface area contributed by atoms with Crippen LogP contribution >= 0.6 is 0 Å². The summed E-state index contributed by atoms with van der Waals surface area (Å²) in [5.41, 5.74) is 1.37. The second-order valence-corrected chi connectivity index (χ2v) is 5.63. The molecule has 1 amide bonds. The zero-order chi connectivity index (χ0) is 17.5. The Kier molecular flexibility index (Phi) is 3.98. The van der Waals surface area contributed by atoms with Gasteiger partial charge in [0.2, 0.25) is 0 Å². The summed E-state index contributed by atoms with van der Waals surface area (Å²) in [7, 11) is 1.55. The Bertz CT molecular complexity index is 753. The van der Waals surface area contributed by atoms with Gasteiger partial charge in [-0.05, 0) is 43.7 Å². The van der Waals surface area contributed by atoms with E-state index in [9.17, 15) is 18.0 Å². The minimum atomic E-state index is -4.40. The van der Waals surface area contributed by atoms with Crippen molar-refractivity contribution in [3.05, 3.63) is 41.7 Å². The second-order valence-electron chi connectivity index (χ2n) is 5.63. The maximum atomic E-state index is 12.8. The van der Waals surface area contributed by atoms with Gasteiger partial charge in [0.05, 0.1) is 12.8 Å². The minimum absolute atomic E-state index is 0.0114. The van der Waals surface area contributed by atoms with E-state index in [1.807, 2.05) is 0 Å². The molecule has 1 aromatic heterocycles. The molecule has 1 aliphatic heterocycles. The first kappa shape index (κ1) is 16.4. The molecule has 0 spiro atoms. The van der Waals surface area contributed by atoms with Gasteiger partial charge in [0.1, 0.15) is 11.8 Å². The average molecular weight is 339 g/mol. The molecule has 24 heavy (non-hydrogen) atoms. The standard InChI is InChI=1S/C16H16F3N3O2/c1-10-9-13(15(23)21-8-7-14(21)16(17,18)19)20-22(10)11-3-5-12(24-2)6-4-11/h3-6,9,14H,7-8H2,1-2H3/t14-/m1/s1. The van der Waals surface area contributed by atoms with Crippen molar-refractivity contribution in [2.24, 2.45) is 0 Å². The highest BCUT2D eigenvalue weighted by atomic mass is 19.4. The van der Waals surface area contributed by atoms with E-state index in [0.717, 1.165) is 4.90 Å². The molecule has 1 fully saturated rings. The lowest BCUT2D eigenvalue weighted by molar-refractivity contribution is -0.199. The van der Waals surface area contributed by atoms with Crippen molar-refractivity contribution < 1.29 is 22.7 Å². The number of carbonyl (C=O) groups excluding carboxylic acids is 1. The number of ether oxygens (including phenoxy) is 1. The third kappa shape index (κ3) is 2.83. The van der Waals surface area contributed by atoms with Crippen molar-refractivity contribution in [2.45, 2.75) is 25.6 Å². The maximum Gasteiger partial charge on any atom is 0.408 e. The fraction of sp³-hybridized carbons (Fsp3) is 0.375. The van der Waals surface area contributed by atoms with Crippen LogP contribution in [-0.2, 0) is 0 Å². The monoisotopic (exact) mass is 339 g/mol. The zero-order valence-electron chi connectivity index (χ0n) is 13.2. The van der Waals surface area contributed by atoms with Gasteiger partial charge in [-0.15, -0.1) is 0 Å². The topological polar surface area (TPSA) is 47.4 Å². The third-order valence-corrected chi connectivity index (χ3v) is 4.08. The lowest BCUT2D eigenvalue weighted by Crippen LogP contribution is -2.58. The largest absolute Gasteiger partial charge is 0.497 e. The number of aryl methyl sites for hydroxylation is 1. The summed E-state index contributed by atoms with van der Waals surface area (Å²) in [6.07, 6.45) is -4.46. The summed E-state index contributed by atoms with van der Waals surface area (Å²) >= 11 is 0. The normalized spacial score (nSPS) is 17.5. The number of hydrogen-bond acceptors (Lipinski definition) is 3. The van der Waals surface area contributed by atoms with Gasteiger partial charge in [0.25, 0.3) is 5.91 Å². The quantitative estimate of drug-likeness (QED) is 0.864. The number of amides is 1. The summed E-state index contributed by atoms with van der Waals surface area (Å²) in [4.78, 5) is 13.1. The number of carbonyl (C=O) groups is 1. The van der Waals surface area contributed by atoms with Gasteiger partial charge in [0.15, 0.2) is 5.69 Å². The number of alkyl halides is 3. The van der Waals surface area contributed by atoms with Gasteiger partial charge < -0.3 is 9.64 Å². The molecule has 1 aliphatic rings. The highest BCUT2D eigenvalue weighted by Gasteiger charge is 2.51. The van der Waals surface area contributed by atoms with Gasteiger partial charge in [-0.25, -0.2) is 4.68 Å². The lowest BCUT2D eigenvalue weighted by atomic mass is 10.0. The molecular formula is C16H16F3N3O2. The minimum Gasteiger partial charge on any atom is -0.497 e. The predicted molar refractivity (Wildman–Crippen MR) is 80.3 cm³/mol. The van der Waals surface area contributed by atoms with Crippen LogP contribution in [0.15, 0.2) is 30.3 Å². The maximum absolute atomic E-state index is 12.8. The van der Waals surface area contributed by atoms with Gasteiger partial charge in [-0.3, -0.25) is 4.79 Å². The number of likely N-dealkylation sites (tertiary alicyclic amines) is 1. The molecule has 0 unspecified atom stereocenters. The van der Waals surface area contributed by atoms with Crippen molar-refractivity contribution >= 4 is 5.91 Å². The van der Waals surface area contributed by atoms with Crippen LogP contribution in [0.2, 0.25) is 0 Å². The van der Waals surface area contributed by atoms with Crippen LogP contribution in [0.4, 0.5) is 13.2 Å². The molecule has 5 nitrogen and oxygen atoms in total. The highest BCUT2D eigenvalue weighted by molar-refractivity contribution is 5.93. The van der Waals surface area contributed by atoms with E-state index in [1.165, 1.54) is 10.7 Å². The molecule has 128 valence electrons. The molecule has 8 heteroatoms. The number of methoxy groups -OCH3 is 1. The summed E-state index contributed by atoms with van der Waals surface area (Å²) in [5.74, 6) is -0.0209. The van der Waals surface area contributed by atoms with Crippen LogP contribution < -0.4 is 4.74 Å². The first-order valence-corrected chi connectivity index (χ1v) is 7.40. The van der Waals surface area contributed by atoms with Crippen molar-refractivity contribution in [2.75, 3.05) is 13.7 Å². The van der Waals surface area contributed by atoms with E-state index < -0.39 is 18.1 Å². The van der Waals surface area contributed by atoms with E-state index in [2.05, 4.69) is 5.10 Å². The first-order chi connectivity index (χ1) is 11.3. The van der Waals surface area contributed by atoms with E-state index in [0.29, 0.717) is 17.1 Å². The summed E-state index contributed by atoms with van der Waals surface area (Å²) in [5, 5.41) is 4.17. The van der Waals surface area contributed by atoms with Crippen LogP contribution in [-0.4, -0.2) is 46.5 Å². The van der Waals surface area contributed by atoms with Crippen LogP contribution in [0.1, 0.15) is 22.6 Å². The molecule has 0 aliphatic carbocycles. The first-order valence-electron chi connectivity index (χ1n) is 7.40. The molecule has 0 bridgehead atoms. The van der Waals surface area contributed by atoms with E-state index in [1.54, 1.807) is 38.3 Å². The van der Waals surface area contributed by atoms with Crippen molar-refractivity contribution in [3.63, 3.8) is 0 Å². The smallest absolute Gasteiger partial charge is 0.408 e.